The molecule has 1 aliphatic rings. The minimum Gasteiger partial charge on any atom is -0.503 e. The molecule has 144 valence electrons. The van der Waals surface area contributed by atoms with E-state index in [1.807, 2.05) is 0 Å². The van der Waals surface area contributed by atoms with Crippen LogP contribution in [-0.2, 0) is 0 Å². The van der Waals surface area contributed by atoms with E-state index in [0.717, 1.165) is 0 Å². The second kappa shape index (κ2) is 6.96. The van der Waals surface area contributed by atoms with Gasteiger partial charge in [0.2, 0.25) is 5.76 Å². The van der Waals surface area contributed by atoms with Gasteiger partial charge < -0.3 is 24.3 Å². The fourth-order valence-corrected chi connectivity index (χ4v) is 4.02. The molecule has 0 spiro atoms. The highest BCUT2D eigenvalue weighted by Crippen LogP contribution is 2.43. The largest absolute Gasteiger partial charge is 0.503 e. The molecule has 0 fully saturated rings. The van der Waals surface area contributed by atoms with Crippen molar-refractivity contribution in [3.63, 3.8) is 0 Å². The van der Waals surface area contributed by atoms with Gasteiger partial charge in [0.05, 0.1) is 35.2 Å². The number of halogens is 1. The highest BCUT2D eigenvalue weighted by atomic mass is 79.9. The van der Waals surface area contributed by atoms with Gasteiger partial charge in [0.15, 0.2) is 16.9 Å². The van der Waals surface area contributed by atoms with E-state index in [2.05, 4.69) is 15.9 Å². The van der Waals surface area contributed by atoms with Gasteiger partial charge in [0.25, 0.3) is 5.91 Å². The lowest BCUT2D eigenvalue weighted by Gasteiger charge is -2.25. The van der Waals surface area contributed by atoms with Crippen LogP contribution >= 0.6 is 15.9 Å². The molecule has 1 amide bonds. The molecule has 0 saturated heterocycles. The second-order valence-corrected chi connectivity index (χ2v) is 7.20. The number of aliphatic hydroxyl groups excluding tert-OH is 1. The van der Waals surface area contributed by atoms with E-state index in [1.54, 1.807) is 36.4 Å². The first-order valence-electron chi connectivity index (χ1n) is 8.52. The van der Waals surface area contributed by atoms with E-state index >= 15 is 0 Å². The number of fused-ring (bicyclic) bond motifs is 2. The molecule has 2 heterocycles. The topological polar surface area (TPSA) is 100 Å². The fraction of sp³-hybridized carbons (Fsp3) is 0.200. The fourth-order valence-electron chi connectivity index (χ4n) is 3.56. The van der Waals surface area contributed by atoms with E-state index in [1.165, 1.54) is 12.0 Å². The molecule has 0 saturated carbocycles. The van der Waals surface area contributed by atoms with Crippen LogP contribution < -0.4 is 10.2 Å². The number of phenolic OH excluding ortho intramolecular Hbond substituents is 1. The van der Waals surface area contributed by atoms with E-state index in [9.17, 15) is 19.8 Å². The molecule has 1 atom stereocenters. The molecule has 0 bridgehead atoms. The third-order valence-corrected chi connectivity index (χ3v) is 5.40. The quantitative estimate of drug-likeness (QED) is 0.640. The maximum Gasteiger partial charge on any atom is 0.290 e. The molecule has 2 aromatic carbocycles. The number of phenols is 1. The number of amides is 1. The Morgan fingerprint density at radius 3 is 2.71 bits per heavy atom. The van der Waals surface area contributed by atoms with Crippen LogP contribution in [0.2, 0.25) is 0 Å². The Hall–Kier alpha value is -2.84. The third kappa shape index (κ3) is 2.68. The first kappa shape index (κ1) is 18.5. The number of hydrogen-bond donors (Lipinski definition) is 2. The lowest BCUT2D eigenvalue weighted by Crippen LogP contribution is -2.32. The number of para-hydroxylation sites is 1. The van der Waals surface area contributed by atoms with Crippen LogP contribution in [0.3, 0.4) is 0 Å². The molecular weight excluding hydrogens is 430 g/mol. The van der Waals surface area contributed by atoms with Crippen molar-refractivity contribution in [3.8, 4) is 11.5 Å². The van der Waals surface area contributed by atoms with Crippen molar-refractivity contribution in [2.75, 3.05) is 20.3 Å². The van der Waals surface area contributed by atoms with Gasteiger partial charge >= 0.3 is 0 Å². The summed E-state index contributed by atoms with van der Waals surface area (Å²) in [6.07, 6.45) is 0. The molecular formula is C20H16BrNO6. The molecule has 28 heavy (non-hydrogen) atoms. The maximum atomic E-state index is 13.2. The average Bonchev–Trinajstić information content (AvgIpc) is 2.97. The number of aliphatic hydroxyl groups is 1. The summed E-state index contributed by atoms with van der Waals surface area (Å²) in [5.41, 5.74) is 0.772. The molecule has 0 aliphatic carbocycles. The van der Waals surface area contributed by atoms with Crippen molar-refractivity contribution in [2.24, 2.45) is 0 Å². The molecule has 3 aromatic rings. The molecule has 1 aliphatic heterocycles. The average molecular weight is 446 g/mol. The maximum absolute atomic E-state index is 13.2. The van der Waals surface area contributed by atoms with Crippen LogP contribution in [0, 0.1) is 0 Å². The van der Waals surface area contributed by atoms with Crippen molar-refractivity contribution >= 4 is 32.8 Å². The zero-order chi connectivity index (χ0) is 20.0. The summed E-state index contributed by atoms with van der Waals surface area (Å²) >= 11 is 3.27. The van der Waals surface area contributed by atoms with E-state index < -0.39 is 11.9 Å². The number of ether oxygens (including phenoxy) is 1. The number of carbonyl (C=O) groups is 1. The van der Waals surface area contributed by atoms with Gasteiger partial charge in [-0.1, -0.05) is 12.1 Å². The molecule has 4 rings (SSSR count). The molecule has 1 aromatic heterocycles. The number of benzene rings is 2. The van der Waals surface area contributed by atoms with Gasteiger partial charge in [-0.05, 0) is 45.8 Å². The minimum atomic E-state index is -0.777. The van der Waals surface area contributed by atoms with Gasteiger partial charge in [-0.3, -0.25) is 9.59 Å². The van der Waals surface area contributed by atoms with Gasteiger partial charge in [-0.25, -0.2) is 0 Å². The van der Waals surface area contributed by atoms with Crippen molar-refractivity contribution in [2.45, 2.75) is 6.04 Å². The molecule has 2 N–H and O–H groups in total. The van der Waals surface area contributed by atoms with Crippen molar-refractivity contribution in [1.29, 1.82) is 0 Å². The molecule has 7 nitrogen and oxygen atoms in total. The Balaban J connectivity index is 2.02. The Labute approximate surface area is 167 Å². The first-order valence-corrected chi connectivity index (χ1v) is 9.31. The summed E-state index contributed by atoms with van der Waals surface area (Å²) in [6, 6.07) is 9.13. The zero-order valence-electron chi connectivity index (χ0n) is 14.8. The number of β-amino-alcohol motifs (C(OH)–C–C–N with tert-alkyl or cyclic N) is 1. The van der Waals surface area contributed by atoms with Gasteiger partial charge in [-0.15, -0.1) is 0 Å². The minimum absolute atomic E-state index is 0.0182. The number of aromatic hydroxyl groups is 1. The van der Waals surface area contributed by atoms with Crippen LogP contribution in [0.25, 0.3) is 11.0 Å². The third-order valence-electron chi connectivity index (χ3n) is 4.80. The highest BCUT2D eigenvalue weighted by molar-refractivity contribution is 9.10. The Morgan fingerprint density at radius 2 is 2.00 bits per heavy atom. The number of hydrogen-bond acceptors (Lipinski definition) is 6. The van der Waals surface area contributed by atoms with Crippen LogP contribution in [0.1, 0.15) is 27.7 Å². The SMILES string of the molecule is COc1cc(C2c3c(oc4ccccc4c3=O)C(=O)N2CCO)cc(Br)c1O. The smallest absolute Gasteiger partial charge is 0.290 e. The first-order chi connectivity index (χ1) is 13.5. The normalized spacial score (nSPS) is 15.9. The predicted molar refractivity (Wildman–Crippen MR) is 105 cm³/mol. The second-order valence-electron chi connectivity index (χ2n) is 6.35. The van der Waals surface area contributed by atoms with Crippen LogP contribution in [-0.4, -0.2) is 41.3 Å². The summed E-state index contributed by atoms with van der Waals surface area (Å²) in [4.78, 5) is 27.6. The van der Waals surface area contributed by atoms with Crippen molar-refractivity contribution in [1.82, 2.24) is 4.90 Å². The molecule has 8 heteroatoms. The van der Waals surface area contributed by atoms with Crippen molar-refractivity contribution < 1.29 is 24.2 Å². The monoisotopic (exact) mass is 445 g/mol. The van der Waals surface area contributed by atoms with Crippen LogP contribution in [0.5, 0.6) is 11.5 Å². The predicted octanol–water partition coefficient (Wildman–Crippen LogP) is 2.81. The number of methoxy groups -OCH3 is 1. The van der Waals surface area contributed by atoms with Gasteiger partial charge in [-0.2, -0.15) is 0 Å². The summed E-state index contributed by atoms with van der Waals surface area (Å²) in [6.45, 7) is -0.259. The van der Waals surface area contributed by atoms with E-state index in [4.69, 9.17) is 9.15 Å². The number of nitrogens with zero attached hydrogens (tertiary/aromatic N) is 1. The number of carbonyl (C=O) groups excluding carboxylic acids is 1. The lowest BCUT2D eigenvalue weighted by molar-refractivity contribution is 0.0691. The lowest BCUT2D eigenvalue weighted by atomic mass is 9.98. The number of rotatable bonds is 4. The zero-order valence-corrected chi connectivity index (χ0v) is 16.4. The molecule has 1 unspecified atom stereocenters. The highest BCUT2D eigenvalue weighted by Gasteiger charge is 2.42. The summed E-state index contributed by atoms with van der Waals surface area (Å²) in [5, 5.41) is 19.9. The van der Waals surface area contributed by atoms with Crippen molar-refractivity contribution in [3.05, 3.63) is 68.0 Å². The summed E-state index contributed by atoms with van der Waals surface area (Å²) in [7, 11) is 1.41. The van der Waals surface area contributed by atoms with E-state index in [-0.39, 0.29) is 41.4 Å². The van der Waals surface area contributed by atoms with Gasteiger partial charge in [0, 0.05) is 6.54 Å². The standard InChI is InChI=1S/C20H16BrNO6/c1-27-14-9-10(8-12(21)18(14)25)16-15-17(24)11-4-2-3-5-13(11)28-19(15)20(26)22(16)6-7-23/h2-5,8-9,16,23,25H,6-7H2,1H3. The Kier molecular flexibility index (Phi) is 4.60. The molecule has 0 radical (unpaired) electrons. The summed E-state index contributed by atoms with van der Waals surface area (Å²) < 4.78 is 11.3. The Bertz CT molecular complexity index is 1160. The van der Waals surface area contributed by atoms with Crippen LogP contribution in [0.4, 0.5) is 0 Å². The summed E-state index contributed by atoms with van der Waals surface area (Å²) in [5.74, 6) is -0.403. The Morgan fingerprint density at radius 1 is 1.25 bits per heavy atom. The van der Waals surface area contributed by atoms with Gasteiger partial charge in [0.1, 0.15) is 5.58 Å². The van der Waals surface area contributed by atoms with E-state index in [0.29, 0.717) is 21.0 Å². The van der Waals surface area contributed by atoms with Crippen LogP contribution in [0.15, 0.2) is 50.1 Å².